The van der Waals surface area contributed by atoms with Crippen LogP contribution in [0.15, 0.2) is 46.1 Å². The van der Waals surface area contributed by atoms with Gasteiger partial charge in [0.05, 0.1) is 11.5 Å². The van der Waals surface area contributed by atoms with Gasteiger partial charge < -0.3 is 4.74 Å². The zero-order valence-corrected chi connectivity index (χ0v) is 11.5. The molecule has 0 radical (unpaired) electrons. The molecule has 0 saturated carbocycles. The van der Waals surface area contributed by atoms with Crippen LogP contribution >= 0.6 is 0 Å². The molecule has 0 saturated heterocycles. The molecule has 0 aliphatic rings. The second kappa shape index (κ2) is 5.85. The Labute approximate surface area is 115 Å². The molecule has 1 heterocycles. The molecule has 0 amide bonds. The lowest BCUT2D eigenvalue weighted by atomic mass is 10.2. The summed E-state index contributed by atoms with van der Waals surface area (Å²) in [4.78, 5) is 11.0. The van der Waals surface area contributed by atoms with Crippen LogP contribution < -0.4 is 10.3 Å². The Hall–Kier alpha value is -2.19. The van der Waals surface area contributed by atoms with E-state index in [1.807, 2.05) is 0 Å². The highest BCUT2D eigenvalue weighted by Gasteiger charge is 2.15. The monoisotopic (exact) mass is 295 g/mol. The molecular formula is C12H13N3O4S. The molecule has 2 aromatic rings. The third kappa shape index (κ3) is 3.43. The number of hydrogen-bond acceptors (Lipinski definition) is 5. The Kier molecular flexibility index (Phi) is 4.16. The van der Waals surface area contributed by atoms with Crippen LogP contribution in [-0.4, -0.2) is 25.7 Å². The molecule has 2 rings (SSSR count). The van der Waals surface area contributed by atoms with Gasteiger partial charge in [-0.2, -0.15) is 5.10 Å². The van der Waals surface area contributed by atoms with Crippen LogP contribution in [0.25, 0.3) is 0 Å². The first-order chi connectivity index (χ1) is 9.51. The highest BCUT2D eigenvalue weighted by Crippen LogP contribution is 2.15. The third-order valence-electron chi connectivity index (χ3n) is 2.44. The van der Waals surface area contributed by atoms with E-state index in [9.17, 15) is 13.2 Å². The van der Waals surface area contributed by atoms with E-state index in [0.717, 1.165) is 5.56 Å². The van der Waals surface area contributed by atoms with E-state index in [4.69, 9.17) is 4.74 Å². The summed E-state index contributed by atoms with van der Waals surface area (Å²) in [6.45, 7) is 0.320. The summed E-state index contributed by atoms with van der Waals surface area (Å²) in [6.07, 6.45) is 0. The van der Waals surface area contributed by atoms with Crippen molar-refractivity contribution in [2.75, 3.05) is 11.8 Å². The highest BCUT2D eigenvalue weighted by atomic mass is 32.2. The maximum absolute atomic E-state index is 12.2. The van der Waals surface area contributed by atoms with Crippen molar-refractivity contribution >= 4 is 15.8 Å². The van der Waals surface area contributed by atoms with Crippen molar-refractivity contribution in [3.05, 3.63) is 52.3 Å². The number of sulfonamides is 1. The van der Waals surface area contributed by atoms with Crippen LogP contribution in [0.5, 0.6) is 0 Å². The average Bonchev–Trinajstić information content (AvgIpc) is 2.42. The fourth-order valence-corrected chi connectivity index (χ4v) is 2.64. The van der Waals surface area contributed by atoms with Crippen molar-refractivity contribution in [3.8, 4) is 0 Å². The van der Waals surface area contributed by atoms with Crippen molar-refractivity contribution in [1.82, 2.24) is 10.2 Å². The number of rotatable bonds is 5. The van der Waals surface area contributed by atoms with Crippen LogP contribution in [-0.2, 0) is 21.4 Å². The Morgan fingerprint density at radius 1 is 1.30 bits per heavy atom. The minimum absolute atomic E-state index is 0.0433. The number of hydrogen-bond donors (Lipinski definition) is 2. The number of anilines is 1. The summed E-state index contributed by atoms with van der Waals surface area (Å²) in [5.74, 6) is 0.0433. The lowest BCUT2D eigenvalue weighted by molar-refractivity contribution is 0.184. The number of nitrogens with one attached hydrogen (secondary N) is 2. The molecule has 1 aromatic heterocycles. The lowest BCUT2D eigenvalue weighted by Gasteiger charge is -2.08. The van der Waals surface area contributed by atoms with E-state index in [-0.39, 0.29) is 10.7 Å². The van der Waals surface area contributed by atoms with Gasteiger partial charge in [0.25, 0.3) is 15.6 Å². The number of H-pyrrole nitrogens is 1. The summed E-state index contributed by atoms with van der Waals surface area (Å²) in [5.41, 5.74) is 0.333. The van der Waals surface area contributed by atoms with Crippen LogP contribution in [0.1, 0.15) is 5.56 Å². The van der Waals surface area contributed by atoms with Crippen molar-refractivity contribution in [2.24, 2.45) is 0 Å². The third-order valence-corrected chi connectivity index (χ3v) is 3.79. The van der Waals surface area contributed by atoms with E-state index < -0.39 is 15.6 Å². The minimum atomic E-state index is -3.76. The number of nitrogens with zero attached hydrogens (tertiary/aromatic N) is 1. The van der Waals surface area contributed by atoms with E-state index in [1.165, 1.54) is 31.4 Å². The molecule has 0 aliphatic carbocycles. The molecule has 0 fully saturated rings. The van der Waals surface area contributed by atoms with Gasteiger partial charge in [-0.25, -0.2) is 13.5 Å². The van der Waals surface area contributed by atoms with Crippen LogP contribution in [0.2, 0.25) is 0 Å². The van der Waals surface area contributed by atoms with Crippen LogP contribution in [0.4, 0.5) is 5.82 Å². The van der Waals surface area contributed by atoms with Crippen LogP contribution in [0, 0.1) is 0 Å². The Balaban J connectivity index is 2.28. The zero-order valence-electron chi connectivity index (χ0n) is 10.7. The SMILES string of the molecule is COCc1cccc(S(=O)(=O)Nc2ccc(=O)[nH]n2)c1. The summed E-state index contributed by atoms with van der Waals surface area (Å²) in [5, 5.41) is 5.75. The summed E-state index contributed by atoms with van der Waals surface area (Å²) in [6, 6.07) is 8.84. The normalized spacial score (nSPS) is 11.2. The summed E-state index contributed by atoms with van der Waals surface area (Å²) in [7, 11) is -2.23. The van der Waals surface area contributed by atoms with Gasteiger partial charge in [-0.15, -0.1) is 0 Å². The maximum atomic E-state index is 12.2. The quantitative estimate of drug-likeness (QED) is 0.846. The topological polar surface area (TPSA) is 101 Å². The van der Waals surface area contributed by atoms with E-state index in [0.29, 0.717) is 6.61 Å². The average molecular weight is 295 g/mol. The molecule has 1 aromatic carbocycles. The standard InChI is InChI=1S/C12H13N3O4S/c1-19-8-9-3-2-4-10(7-9)20(17,18)15-11-5-6-12(16)14-13-11/h2-7H,8H2,1H3,(H,13,15)(H,14,16). The number of ether oxygens (including phenoxy) is 1. The Morgan fingerprint density at radius 3 is 2.75 bits per heavy atom. The van der Waals surface area contributed by atoms with Gasteiger partial charge >= 0.3 is 0 Å². The van der Waals surface area contributed by atoms with E-state index in [1.54, 1.807) is 12.1 Å². The Bertz CT molecular complexity index is 735. The Morgan fingerprint density at radius 2 is 2.10 bits per heavy atom. The minimum Gasteiger partial charge on any atom is -0.380 e. The predicted molar refractivity (Wildman–Crippen MR) is 72.8 cm³/mol. The molecule has 0 spiro atoms. The fourth-order valence-electron chi connectivity index (χ4n) is 1.57. The number of methoxy groups -OCH3 is 1. The van der Waals surface area contributed by atoms with Gasteiger partial charge in [0.1, 0.15) is 0 Å². The summed E-state index contributed by atoms with van der Waals surface area (Å²) < 4.78 is 31.6. The number of aromatic amines is 1. The maximum Gasteiger partial charge on any atom is 0.264 e. The highest BCUT2D eigenvalue weighted by molar-refractivity contribution is 7.92. The molecule has 0 unspecified atom stereocenters. The first-order valence-corrected chi connectivity index (χ1v) is 7.16. The molecule has 0 aliphatic heterocycles. The largest absolute Gasteiger partial charge is 0.380 e. The fraction of sp³-hybridized carbons (Fsp3) is 0.167. The number of aromatic nitrogens is 2. The van der Waals surface area contributed by atoms with Gasteiger partial charge in [0, 0.05) is 13.2 Å². The van der Waals surface area contributed by atoms with Crippen molar-refractivity contribution < 1.29 is 13.2 Å². The van der Waals surface area contributed by atoms with Gasteiger partial charge in [-0.1, -0.05) is 12.1 Å². The lowest BCUT2D eigenvalue weighted by Crippen LogP contribution is -2.16. The van der Waals surface area contributed by atoms with Gasteiger partial charge in [-0.3, -0.25) is 9.52 Å². The van der Waals surface area contributed by atoms with Crippen molar-refractivity contribution in [3.63, 3.8) is 0 Å². The summed E-state index contributed by atoms with van der Waals surface area (Å²) >= 11 is 0. The molecule has 106 valence electrons. The van der Waals surface area contributed by atoms with Crippen molar-refractivity contribution in [1.29, 1.82) is 0 Å². The van der Waals surface area contributed by atoms with E-state index >= 15 is 0 Å². The smallest absolute Gasteiger partial charge is 0.264 e. The second-order valence-electron chi connectivity index (χ2n) is 3.99. The molecule has 2 N–H and O–H groups in total. The van der Waals surface area contributed by atoms with Gasteiger partial charge in [0.15, 0.2) is 5.82 Å². The molecule has 8 heteroatoms. The molecule has 0 bridgehead atoms. The molecule has 0 atom stereocenters. The zero-order chi connectivity index (χ0) is 14.6. The van der Waals surface area contributed by atoms with E-state index in [2.05, 4.69) is 14.9 Å². The van der Waals surface area contributed by atoms with Gasteiger partial charge in [-0.05, 0) is 23.8 Å². The second-order valence-corrected chi connectivity index (χ2v) is 5.67. The van der Waals surface area contributed by atoms with Crippen molar-refractivity contribution in [2.45, 2.75) is 11.5 Å². The molecule has 7 nitrogen and oxygen atoms in total. The number of benzene rings is 1. The first-order valence-electron chi connectivity index (χ1n) is 5.68. The first kappa shape index (κ1) is 14.2. The molecular weight excluding hydrogens is 282 g/mol. The predicted octanol–water partition coefficient (Wildman–Crippen LogP) is 0.717. The van der Waals surface area contributed by atoms with Crippen LogP contribution in [0.3, 0.4) is 0 Å². The molecule has 20 heavy (non-hydrogen) atoms. The van der Waals surface area contributed by atoms with Gasteiger partial charge in [0.2, 0.25) is 0 Å².